The Morgan fingerprint density at radius 1 is 1.38 bits per heavy atom. The largest absolute Gasteiger partial charge is 0.388 e. The molecular formula is C6H17NO. The van der Waals surface area contributed by atoms with Crippen molar-refractivity contribution in [2.24, 2.45) is 0 Å². The van der Waals surface area contributed by atoms with E-state index in [-0.39, 0.29) is 0 Å². The third-order valence-electron chi connectivity index (χ3n) is 0.500. The Morgan fingerprint density at radius 3 is 1.75 bits per heavy atom. The molecule has 0 aliphatic heterocycles. The molecule has 0 unspecified atom stereocenters. The maximum Gasteiger partial charge on any atom is 0.0351 e. The molecule has 2 heteroatoms. The molecule has 0 heterocycles. The van der Waals surface area contributed by atoms with E-state index in [1.54, 1.807) is 14.2 Å². The summed E-state index contributed by atoms with van der Waals surface area (Å²) in [6.45, 7) is 3.29. The van der Waals surface area contributed by atoms with E-state index in [0.29, 0.717) is 0 Å². The molecular weight excluding hydrogens is 102 g/mol. The van der Waals surface area contributed by atoms with Crippen molar-refractivity contribution in [1.82, 2.24) is 5.32 Å². The summed E-state index contributed by atoms with van der Waals surface area (Å²) in [5.74, 6) is 0. The predicted molar refractivity (Wildman–Crippen MR) is 37.2 cm³/mol. The topological polar surface area (TPSA) is 21.3 Å². The van der Waals surface area contributed by atoms with Crippen LogP contribution in [0.3, 0.4) is 0 Å². The van der Waals surface area contributed by atoms with Gasteiger partial charge in [-0.25, -0.2) is 0 Å². The van der Waals surface area contributed by atoms with Gasteiger partial charge in [0.1, 0.15) is 0 Å². The van der Waals surface area contributed by atoms with Gasteiger partial charge in [0.05, 0.1) is 0 Å². The summed E-state index contributed by atoms with van der Waals surface area (Å²) in [5.41, 5.74) is 0. The van der Waals surface area contributed by atoms with Crippen LogP contribution in [0.5, 0.6) is 0 Å². The molecule has 0 saturated heterocycles. The minimum Gasteiger partial charge on any atom is -0.388 e. The minimum absolute atomic E-state index is 1.14. The molecule has 52 valence electrons. The van der Waals surface area contributed by atoms with Crippen molar-refractivity contribution in [2.75, 3.05) is 27.8 Å². The van der Waals surface area contributed by atoms with E-state index >= 15 is 0 Å². The zero-order valence-electron chi connectivity index (χ0n) is 6.32. The lowest BCUT2D eigenvalue weighted by molar-refractivity contribution is 0.277. The average molecular weight is 119 g/mol. The maximum atomic E-state index is 4.25. The molecule has 0 amide bonds. The smallest absolute Gasteiger partial charge is 0.0351 e. The highest BCUT2D eigenvalue weighted by atomic mass is 16.4. The van der Waals surface area contributed by atoms with Gasteiger partial charge in [0.2, 0.25) is 0 Å². The molecule has 8 heavy (non-hydrogen) atoms. The fourth-order valence-corrected chi connectivity index (χ4v) is 0.250. The Labute approximate surface area is 52.2 Å². The molecule has 0 radical (unpaired) electrons. The van der Waals surface area contributed by atoms with E-state index in [1.807, 2.05) is 7.05 Å². The zero-order valence-corrected chi connectivity index (χ0v) is 6.32. The summed E-state index contributed by atoms with van der Waals surface area (Å²) >= 11 is 0. The Kier molecular flexibility index (Phi) is 21.3. The average Bonchev–Trinajstić information content (AvgIpc) is 1.71. The van der Waals surface area contributed by atoms with E-state index in [2.05, 4.69) is 17.0 Å². The third kappa shape index (κ3) is 38.9. The van der Waals surface area contributed by atoms with Crippen LogP contribution in [0.4, 0.5) is 0 Å². The van der Waals surface area contributed by atoms with Crippen LogP contribution >= 0.6 is 0 Å². The number of nitrogens with one attached hydrogen (secondary N) is 1. The van der Waals surface area contributed by atoms with Crippen LogP contribution in [0.2, 0.25) is 0 Å². The van der Waals surface area contributed by atoms with Gasteiger partial charge in [-0.3, -0.25) is 0 Å². The summed E-state index contributed by atoms with van der Waals surface area (Å²) in [6, 6.07) is 0. The number of hydrogen-bond donors (Lipinski definition) is 1. The van der Waals surface area contributed by atoms with Crippen LogP contribution in [-0.2, 0) is 4.74 Å². The molecule has 2 nitrogen and oxygen atoms in total. The Morgan fingerprint density at radius 2 is 1.75 bits per heavy atom. The number of rotatable bonds is 2. The predicted octanol–water partition coefficient (Wildman–Crippen LogP) is 0.878. The third-order valence-corrected chi connectivity index (χ3v) is 0.500. The normalized spacial score (nSPS) is 7.50. The molecule has 0 aromatic rings. The standard InChI is InChI=1S/C4H11N.C2H6O/c1-3-4-5-2;1-3-2/h5H,3-4H2,1-2H3;1-2H3. The first-order chi connectivity index (χ1) is 3.83. The minimum atomic E-state index is 1.14. The lowest BCUT2D eigenvalue weighted by atomic mass is 10.5. The van der Waals surface area contributed by atoms with Gasteiger partial charge in [-0.05, 0) is 20.0 Å². The van der Waals surface area contributed by atoms with Gasteiger partial charge >= 0.3 is 0 Å². The molecule has 0 saturated carbocycles. The summed E-state index contributed by atoms with van der Waals surface area (Å²) < 4.78 is 4.25. The van der Waals surface area contributed by atoms with Crippen LogP contribution < -0.4 is 5.32 Å². The quantitative estimate of drug-likeness (QED) is 0.582. The molecule has 0 atom stereocenters. The van der Waals surface area contributed by atoms with Crippen LogP contribution in [-0.4, -0.2) is 27.8 Å². The van der Waals surface area contributed by atoms with Crippen LogP contribution in [0.15, 0.2) is 0 Å². The highest BCUT2D eigenvalue weighted by Gasteiger charge is 1.64. The summed E-state index contributed by atoms with van der Waals surface area (Å²) in [7, 11) is 5.21. The van der Waals surface area contributed by atoms with Crippen molar-refractivity contribution in [3.05, 3.63) is 0 Å². The Balaban J connectivity index is 0. The summed E-state index contributed by atoms with van der Waals surface area (Å²) in [6.07, 6.45) is 1.23. The maximum absolute atomic E-state index is 4.25. The van der Waals surface area contributed by atoms with Crippen molar-refractivity contribution < 1.29 is 4.74 Å². The van der Waals surface area contributed by atoms with Gasteiger partial charge in [-0.2, -0.15) is 0 Å². The van der Waals surface area contributed by atoms with Gasteiger partial charge in [-0.15, -0.1) is 0 Å². The first-order valence-corrected chi connectivity index (χ1v) is 2.88. The van der Waals surface area contributed by atoms with Crippen molar-refractivity contribution >= 4 is 0 Å². The fourth-order valence-electron chi connectivity index (χ4n) is 0.250. The van der Waals surface area contributed by atoms with Crippen molar-refractivity contribution in [3.63, 3.8) is 0 Å². The van der Waals surface area contributed by atoms with E-state index in [0.717, 1.165) is 6.54 Å². The highest BCUT2D eigenvalue weighted by Crippen LogP contribution is 1.62. The Bertz CT molecular complexity index is 22.5. The first kappa shape index (κ1) is 10.8. The lowest BCUT2D eigenvalue weighted by Gasteiger charge is -1.84. The van der Waals surface area contributed by atoms with Crippen LogP contribution in [0.25, 0.3) is 0 Å². The van der Waals surface area contributed by atoms with E-state index < -0.39 is 0 Å². The van der Waals surface area contributed by atoms with E-state index in [9.17, 15) is 0 Å². The fraction of sp³-hybridized carbons (Fsp3) is 1.00. The number of methoxy groups -OCH3 is 1. The summed E-state index contributed by atoms with van der Waals surface area (Å²) in [5, 5.41) is 3.02. The monoisotopic (exact) mass is 119 g/mol. The van der Waals surface area contributed by atoms with Gasteiger partial charge < -0.3 is 10.1 Å². The van der Waals surface area contributed by atoms with Gasteiger partial charge in [-0.1, -0.05) is 6.92 Å². The second-order valence-electron chi connectivity index (χ2n) is 1.51. The lowest BCUT2D eigenvalue weighted by Crippen LogP contribution is -2.04. The second-order valence-corrected chi connectivity index (χ2v) is 1.51. The molecule has 1 N–H and O–H groups in total. The van der Waals surface area contributed by atoms with Gasteiger partial charge in [0, 0.05) is 14.2 Å². The second kappa shape index (κ2) is 15.8. The molecule has 0 aliphatic rings. The summed E-state index contributed by atoms with van der Waals surface area (Å²) in [4.78, 5) is 0. The number of ether oxygens (including phenoxy) is 1. The van der Waals surface area contributed by atoms with Crippen molar-refractivity contribution in [1.29, 1.82) is 0 Å². The molecule has 0 fully saturated rings. The van der Waals surface area contributed by atoms with E-state index in [4.69, 9.17) is 0 Å². The Hall–Kier alpha value is -0.0800. The molecule has 0 aromatic heterocycles. The SMILES string of the molecule is CCCNC.COC. The van der Waals surface area contributed by atoms with Crippen LogP contribution in [0, 0.1) is 0 Å². The van der Waals surface area contributed by atoms with E-state index in [1.165, 1.54) is 6.42 Å². The van der Waals surface area contributed by atoms with Crippen LogP contribution in [0.1, 0.15) is 13.3 Å². The highest BCUT2D eigenvalue weighted by molar-refractivity contribution is 4.28. The van der Waals surface area contributed by atoms with Gasteiger partial charge in [0.15, 0.2) is 0 Å². The van der Waals surface area contributed by atoms with Crippen molar-refractivity contribution in [3.8, 4) is 0 Å². The molecule has 0 rings (SSSR count). The molecule has 0 aromatic carbocycles. The van der Waals surface area contributed by atoms with Gasteiger partial charge in [0.25, 0.3) is 0 Å². The van der Waals surface area contributed by atoms with Crippen molar-refractivity contribution in [2.45, 2.75) is 13.3 Å². The number of hydrogen-bond acceptors (Lipinski definition) is 2. The first-order valence-electron chi connectivity index (χ1n) is 2.88. The molecule has 0 spiro atoms. The molecule has 0 bridgehead atoms. The molecule has 0 aliphatic carbocycles. The zero-order chi connectivity index (χ0) is 6.83.